The molecule has 1 saturated carbocycles. The summed E-state index contributed by atoms with van der Waals surface area (Å²) in [4.78, 5) is 23.8. The molecule has 0 heterocycles. The Balaban J connectivity index is 0.000000701. The standard InChI is InChI=1S/C15H30O2Si.C14H32O3Si2/c1-7-15(2,3)14(16)17-12-8-10-13(11-9-12)18(4,5)6;1-9-14(2,3)13(15)16-11-10-12-19(7,8)17-18(4,5)6/h12-13H,7-11H2,1-6H3;9-12H2,1-8H3. The average Bonchev–Trinajstić information content (AvgIpc) is 2.75. The minimum atomic E-state index is -1.59. The summed E-state index contributed by atoms with van der Waals surface area (Å²) in [5, 5.41) is 0. The van der Waals surface area contributed by atoms with Crippen molar-refractivity contribution in [2.75, 3.05) is 6.61 Å². The molecule has 0 radical (unpaired) electrons. The number of carbonyl (C=O) groups excluding carboxylic acids is 2. The molecule has 0 saturated heterocycles. The Hall–Kier alpha value is -0.449. The van der Waals surface area contributed by atoms with Crippen molar-refractivity contribution in [1.82, 2.24) is 0 Å². The number of hydrogen-bond donors (Lipinski definition) is 0. The first-order valence-electron chi connectivity index (χ1n) is 14.6. The van der Waals surface area contributed by atoms with Crippen molar-refractivity contribution in [2.45, 2.75) is 157 Å². The number of hydrogen-bond acceptors (Lipinski definition) is 5. The molecular formula is C29H62O5Si3. The topological polar surface area (TPSA) is 61.8 Å². The predicted molar refractivity (Wildman–Crippen MR) is 166 cm³/mol. The highest BCUT2D eigenvalue weighted by Crippen LogP contribution is 2.38. The zero-order chi connectivity index (χ0) is 29.3. The van der Waals surface area contributed by atoms with E-state index in [4.69, 9.17) is 13.6 Å². The molecule has 0 unspecified atom stereocenters. The molecule has 0 spiro atoms. The maximum Gasteiger partial charge on any atom is 0.311 e. The Morgan fingerprint density at radius 1 is 0.757 bits per heavy atom. The first-order chi connectivity index (χ1) is 16.6. The predicted octanol–water partition coefficient (Wildman–Crippen LogP) is 9.03. The van der Waals surface area contributed by atoms with E-state index in [0.29, 0.717) is 6.61 Å². The van der Waals surface area contributed by atoms with Crippen LogP contribution in [0.3, 0.4) is 0 Å². The van der Waals surface area contributed by atoms with Gasteiger partial charge in [0, 0.05) is 8.07 Å². The highest BCUT2D eigenvalue weighted by molar-refractivity contribution is 6.84. The van der Waals surface area contributed by atoms with E-state index in [2.05, 4.69) is 52.4 Å². The number of esters is 2. The summed E-state index contributed by atoms with van der Waals surface area (Å²) >= 11 is 0. The molecule has 220 valence electrons. The first kappa shape index (κ1) is 36.6. The number of carbonyl (C=O) groups is 2. The van der Waals surface area contributed by atoms with Gasteiger partial charge in [0.1, 0.15) is 6.10 Å². The highest BCUT2D eigenvalue weighted by Gasteiger charge is 2.35. The van der Waals surface area contributed by atoms with Crippen molar-refractivity contribution in [3.8, 4) is 0 Å². The molecule has 0 atom stereocenters. The Labute approximate surface area is 233 Å². The molecule has 0 amide bonds. The van der Waals surface area contributed by atoms with Crippen LogP contribution in [0.25, 0.3) is 0 Å². The van der Waals surface area contributed by atoms with Crippen LogP contribution in [-0.4, -0.2) is 49.4 Å². The molecule has 0 aliphatic heterocycles. The van der Waals surface area contributed by atoms with Gasteiger partial charge in [-0.2, -0.15) is 0 Å². The van der Waals surface area contributed by atoms with Gasteiger partial charge in [0.15, 0.2) is 16.6 Å². The van der Waals surface area contributed by atoms with E-state index in [1.807, 2.05) is 41.5 Å². The molecule has 0 aromatic heterocycles. The fourth-order valence-electron chi connectivity index (χ4n) is 4.38. The van der Waals surface area contributed by atoms with Gasteiger partial charge in [0.25, 0.3) is 0 Å². The van der Waals surface area contributed by atoms with Crippen LogP contribution in [0.2, 0.25) is 64.0 Å². The first-order valence-corrected chi connectivity index (χ1v) is 24.7. The molecule has 1 aliphatic carbocycles. The van der Waals surface area contributed by atoms with E-state index in [1.54, 1.807) is 0 Å². The molecule has 5 nitrogen and oxygen atoms in total. The van der Waals surface area contributed by atoms with Crippen molar-refractivity contribution >= 4 is 36.6 Å². The molecular weight excluding hydrogens is 513 g/mol. The molecule has 37 heavy (non-hydrogen) atoms. The summed E-state index contributed by atoms with van der Waals surface area (Å²) in [6, 6.07) is 1.05. The fourth-order valence-corrected chi connectivity index (χ4v) is 14.5. The van der Waals surface area contributed by atoms with Crippen LogP contribution >= 0.6 is 0 Å². The van der Waals surface area contributed by atoms with Gasteiger partial charge in [-0.25, -0.2) is 0 Å². The van der Waals surface area contributed by atoms with E-state index in [-0.39, 0.29) is 28.9 Å². The SMILES string of the molecule is CCC(C)(C)C(=O)OC1CCC([Si](C)(C)C)CC1.CCC(C)(C)C(=O)OCCC[Si](C)(C)O[Si](C)(C)C. The van der Waals surface area contributed by atoms with Crippen LogP contribution in [0.1, 0.15) is 86.5 Å². The van der Waals surface area contributed by atoms with E-state index < -0.39 is 24.7 Å². The third-order valence-electron chi connectivity index (χ3n) is 7.78. The second-order valence-corrected chi connectivity index (χ2v) is 29.5. The Morgan fingerprint density at radius 3 is 1.62 bits per heavy atom. The Morgan fingerprint density at radius 2 is 1.22 bits per heavy atom. The van der Waals surface area contributed by atoms with Crippen molar-refractivity contribution in [3.05, 3.63) is 0 Å². The van der Waals surface area contributed by atoms with Gasteiger partial charge < -0.3 is 13.6 Å². The van der Waals surface area contributed by atoms with Gasteiger partial charge in [-0.3, -0.25) is 9.59 Å². The minimum Gasteiger partial charge on any atom is -0.465 e. The summed E-state index contributed by atoms with van der Waals surface area (Å²) in [6.45, 7) is 30.9. The third-order valence-corrected chi connectivity index (χ3v) is 17.0. The molecule has 0 aromatic carbocycles. The lowest BCUT2D eigenvalue weighted by atomic mass is 9.90. The van der Waals surface area contributed by atoms with Gasteiger partial charge in [-0.05, 0) is 117 Å². The lowest BCUT2D eigenvalue weighted by Crippen LogP contribution is -2.42. The smallest absolute Gasteiger partial charge is 0.311 e. The zero-order valence-electron chi connectivity index (χ0n) is 27.1. The molecule has 1 rings (SSSR count). The second kappa shape index (κ2) is 14.8. The Kier molecular flexibility index (Phi) is 14.6. The lowest BCUT2D eigenvalue weighted by molar-refractivity contribution is -0.161. The van der Waals surface area contributed by atoms with E-state index in [0.717, 1.165) is 43.7 Å². The van der Waals surface area contributed by atoms with Crippen LogP contribution in [-0.2, 0) is 23.2 Å². The van der Waals surface area contributed by atoms with Gasteiger partial charge in [0.2, 0.25) is 0 Å². The summed E-state index contributed by atoms with van der Waals surface area (Å²) < 4.78 is 17.3. The second-order valence-electron chi connectivity index (χ2n) is 14.9. The zero-order valence-corrected chi connectivity index (χ0v) is 30.1. The number of rotatable bonds is 12. The van der Waals surface area contributed by atoms with E-state index in [1.165, 1.54) is 12.8 Å². The van der Waals surface area contributed by atoms with Crippen molar-refractivity contribution in [3.63, 3.8) is 0 Å². The maximum atomic E-state index is 12.0. The monoisotopic (exact) mass is 574 g/mol. The van der Waals surface area contributed by atoms with Crippen LogP contribution < -0.4 is 0 Å². The van der Waals surface area contributed by atoms with Crippen molar-refractivity contribution < 1.29 is 23.2 Å². The van der Waals surface area contributed by atoms with Crippen LogP contribution in [0.15, 0.2) is 0 Å². The van der Waals surface area contributed by atoms with Crippen LogP contribution in [0.4, 0.5) is 0 Å². The minimum absolute atomic E-state index is 0.0125. The molecule has 1 aliphatic rings. The quantitative estimate of drug-likeness (QED) is 0.132. The van der Waals surface area contributed by atoms with Crippen molar-refractivity contribution in [2.24, 2.45) is 10.8 Å². The average molecular weight is 575 g/mol. The lowest BCUT2D eigenvalue weighted by Gasteiger charge is -2.36. The highest BCUT2D eigenvalue weighted by atomic mass is 28.4. The van der Waals surface area contributed by atoms with Gasteiger partial charge in [-0.15, -0.1) is 0 Å². The normalized spacial score (nSPS) is 19.5. The van der Waals surface area contributed by atoms with Gasteiger partial charge >= 0.3 is 11.9 Å². The summed E-state index contributed by atoms with van der Waals surface area (Å²) in [7, 11) is -4.06. The van der Waals surface area contributed by atoms with Crippen LogP contribution in [0.5, 0.6) is 0 Å². The molecule has 0 N–H and O–H groups in total. The summed E-state index contributed by atoms with van der Waals surface area (Å²) in [6.07, 6.45) is 7.38. The Bertz CT molecular complexity index is 697. The van der Waals surface area contributed by atoms with Crippen LogP contribution in [0, 0.1) is 10.8 Å². The van der Waals surface area contributed by atoms with E-state index >= 15 is 0 Å². The van der Waals surface area contributed by atoms with E-state index in [9.17, 15) is 9.59 Å². The summed E-state index contributed by atoms with van der Waals surface area (Å²) in [5.74, 6) is -0.0953. The summed E-state index contributed by atoms with van der Waals surface area (Å²) in [5.41, 5.74) is 0.226. The fraction of sp³-hybridized carbons (Fsp3) is 0.931. The van der Waals surface area contributed by atoms with Gasteiger partial charge in [0.05, 0.1) is 17.4 Å². The maximum absolute atomic E-state index is 12.0. The molecule has 0 aromatic rings. The molecule has 0 bridgehead atoms. The molecule has 1 fully saturated rings. The third kappa shape index (κ3) is 15.1. The number of ether oxygens (including phenoxy) is 2. The molecule has 8 heteroatoms. The largest absolute Gasteiger partial charge is 0.465 e. The van der Waals surface area contributed by atoms with Crippen molar-refractivity contribution in [1.29, 1.82) is 0 Å². The van der Waals surface area contributed by atoms with Gasteiger partial charge in [-0.1, -0.05) is 33.5 Å².